The summed E-state index contributed by atoms with van der Waals surface area (Å²) in [6, 6.07) is 3.74. The molecule has 2 saturated heterocycles. The van der Waals surface area contributed by atoms with E-state index in [0.29, 0.717) is 13.1 Å². The van der Waals surface area contributed by atoms with Crippen LogP contribution in [0.3, 0.4) is 0 Å². The average molecular weight is 481 g/mol. The molecule has 1 N–H and O–H groups in total. The maximum atomic E-state index is 13.9. The second kappa shape index (κ2) is 9.06. The van der Waals surface area contributed by atoms with E-state index in [1.165, 1.54) is 0 Å². The largest absolute Gasteiger partial charge is 0.396 e. The summed E-state index contributed by atoms with van der Waals surface area (Å²) in [6.45, 7) is 2.66. The zero-order chi connectivity index (χ0) is 23.2. The first-order valence-corrected chi connectivity index (χ1v) is 13.5. The summed E-state index contributed by atoms with van der Waals surface area (Å²) >= 11 is 1.61. The summed E-state index contributed by atoms with van der Waals surface area (Å²) in [6.07, 6.45) is 10.3. The molecule has 1 amide bonds. The third-order valence-corrected chi connectivity index (χ3v) is 9.08. The molecule has 2 aromatic rings. The molecule has 0 saturated carbocycles. The molecular formula is C26H32N4O3S. The predicted molar refractivity (Wildman–Crippen MR) is 131 cm³/mol. The molecule has 2 aromatic heterocycles. The molecule has 2 bridgehead atoms. The first kappa shape index (κ1) is 22.2. The third-order valence-electron chi connectivity index (χ3n) is 8.31. The second-order valence-corrected chi connectivity index (χ2v) is 11.1. The Morgan fingerprint density at radius 1 is 1.18 bits per heavy atom. The molecule has 0 radical (unpaired) electrons. The van der Waals surface area contributed by atoms with Gasteiger partial charge in [0.2, 0.25) is 5.91 Å². The van der Waals surface area contributed by atoms with Gasteiger partial charge in [0, 0.05) is 61.0 Å². The van der Waals surface area contributed by atoms with Crippen molar-refractivity contribution < 1.29 is 9.90 Å². The number of allylic oxidation sites excluding steroid dienone is 2. The van der Waals surface area contributed by atoms with Gasteiger partial charge in [-0.2, -0.15) is 0 Å². The molecule has 180 valence electrons. The lowest BCUT2D eigenvalue weighted by atomic mass is 9.85. The maximum Gasteiger partial charge on any atom is 0.258 e. The van der Waals surface area contributed by atoms with Crippen LogP contribution in [0.1, 0.15) is 60.8 Å². The minimum Gasteiger partial charge on any atom is -0.396 e. The summed E-state index contributed by atoms with van der Waals surface area (Å²) < 4.78 is 1.91. The molecule has 5 heterocycles. The highest BCUT2D eigenvalue weighted by Crippen LogP contribution is 2.50. The van der Waals surface area contributed by atoms with E-state index >= 15 is 0 Å². The van der Waals surface area contributed by atoms with E-state index in [9.17, 15) is 14.7 Å². The van der Waals surface area contributed by atoms with Crippen LogP contribution in [0.2, 0.25) is 0 Å². The zero-order valence-corrected chi connectivity index (χ0v) is 20.3. The minimum atomic E-state index is -0.349. The molecule has 8 heteroatoms. The number of rotatable bonds is 5. The van der Waals surface area contributed by atoms with Crippen molar-refractivity contribution in [1.82, 2.24) is 19.4 Å². The van der Waals surface area contributed by atoms with Gasteiger partial charge < -0.3 is 14.6 Å². The van der Waals surface area contributed by atoms with Gasteiger partial charge in [0.1, 0.15) is 5.01 Å². The predicted octanol–water partition coefficient (Wildman–Crippen LogP) is 3.05. The van der Waals surface area contributed by atoms with E-state index in [2.05, 4.69) is 22.0 Å². The molecule has 4 atom stereocenters. The fraction of sp³-hybridized carbons (Fsp3) is 0.577. The van der Waals surface area contributed by atoms with Crippen molar-refractivity contribution in [3.63, 3.8) is 0 Å². The minimum absolute atomic E-state index is 0.0531. The fourth-order valence-corrected chi connectivity index (χ4v) is 7.32. The van der Waals surface area contributed by atoms with E-state index < -0.39 is 0 Å². The number of carbonyl (C=O) groups is 1. The topological polar surface area (TPSA) is 78.7 Å². The van der Waals surface area contributed by atoms with Crippen LogP contribution in [0.4, 0.5) is 0 Å². The lowest BCUT2D eigenvalue weighted by Gasteiger charge is -2.38. The number of aliphatic hydroxyl groups excluding tert-OH is 1. The quantitative estimate of drug-likeness (QED) is 0.712. The van der Waals surface area contributed by atoms with Crippen molar-refractivity contribution in [3.05, 3.63) is 56.4 Å². The smallest absolute Gasteiger partial charge is 0.258 e. The van der Waals surface area contributed by atoms with Gasteiger partial charge in [0.05, 0.1) is 18.5 Å². The Hall–Kier alpha value is -2.29. The van der Waals surface area contributed by atoms with Gasteiger partial charge in [-0.05, 0) is 56.2 Å². The Morgan fingerprint density at radius 3 is 2.74 bits per heavy atom. The van der Waals surface area contributed by atoms with Crippen molar-refractivity contribution >= 4 is 22.8 Å². The molecule has 0 aromatic carbocycles. The molecule has 0 spiro atoms. The average Bonchev–Trinajstić information content (AvgIpc) is 3.61. The number of thiazole rings is 1. The van der Waals surface area contributed by atoms with Crippen molar-refractivity contribution in [3.8, 4) is 0 Å². The molecule has 34 heavy (non-hydrogen) atoms. The van der Waals surface area contributed by atoms with Crippen molar-refractivity contribution in [2.24, 2.45) is 11.8 Å². The fourth-order valence-electron chi connectivity index (χ4n) is 6.69. The Bertz CT molecular complexity index is 1150. The SMILES string of the molecule is O=C([C@H]1[C@H](CO)[C@H]2Cn3c(ccc(C4=CCCC4)c3=O)[C@@H]1N2Cc1nccs1)N1CCCCC1. The van der Waals surface area contributed by atoms with Crippen molar-refractivity contribution in [2.45, 2.75) is 63.7 Å². The van der Waals surface area contributed by atoms with E-state index in [-0.39, 0.29) is 42.0 Å². The zero-order valence-electron chi connectivity index (χ0n) is 19.4. The van der Waals surface area contributed by atoms with E-state index in [1.54, 1.807) is 11.3 Å². The van der Waals surface area contributed by atoms with Gasteiger partial charge in [0.15, 0.2) is 0 Å². The molecule has 3 aliphatic heterocycles. The Balaban J connectivity index is 1.44. The molecule has 6 rings (SSSR count). The number of likely N-dealkylation sites (tertiary alicyclic amines) is 1. The molecule has 0 unspecified atom stereocenters. The lowest BCUT2D eigenvalue weighted by Crippen LogP contribution is -2.46. The maximum absolute atomic E-state index is 13.9. The van der Waals surface area contributed by atoms with Gasteiger partial charge in [-0.1, -0.05) is 6.08 Å². The third kappa shape index (κ3) is 3.58. The lowest BCUT2D eigenvalue weighted by molar-refractivity contribution is -0.139. The number of amides is 1. The molecule has 7 nitrogen and oxygen atoms in total. The standard InChI is InChI=1S/C26H32N4O3S/c31-16-19-21-14-30-20(9-8-18(25(30)32)17-6-2-3-7-17)24(29(21)15-22-27-10-13-34-22)23(19)26(33)28-11-4-1-5-12-28/h6,8-10,13,19,21,23-24,31H,1-5,7,11-12,14-16H2/t19-,21-,23+,24+/m1/s1. The highest BCUT2D eigenvalue weighted by atomic mass is 32.1. The number of hydrogen-bond donors (Lipinski definition) is 1. The normalized spacial score (nSPS) is 28.7. The van der Waals surface area contributed by atoms with Crippen molar-refractivity contribution in [2.75, 3.05) is 19.7 Å². The van der Waals surface area contributed by atoms with E-state index in [0.717, 1.165) is 73.5 Å². The first-order valence-electron chi connectivity index (χ1n) is 12.6. The van der Waals surface area contributed by atoms with Crippen LogP contribution in [0.5, 0.6) is 0 Å². The summed E-state index contributed by atoms with van der Waals surface area (Å²) in [5, 5.41) is 13.5. The Morgan fingerprint density at radius 2 is 2.03 bits per heavy atom. The summed E-state index contributed by atoms with van der Waals surface area (Å²) in [4.78, 5) is 36.4. The Kier molecular flexibility index (Phi) is 5.91. The van der Waals surface area contributed by atoms with Gasteiger partial charge in [-0.3, -0.25) is 14.5 Å². The van der Waals surface area contributed by atoms with Crippen molar-refractivity contribution in [1.29, 1.82) is 0 Å². The highest BCUT2D eigenvalue weighted by Gasteiger charge is 2.56. The number of aliphatic hydroxyl groups is 1. The molecular weight excluding hydrogens is 448 g/mol. The molecule has 2 fully saturated rings. The first-order chi connectivity index (χ1) is 16.7. The number of aromatic nitrogens is 2. The van der Waals surface area contributed by atoms with Crippen LogP contribution in [-0.2, 0) is 17.9 Å². The van der Waals surface area contributed by atoms with Crippen LogP contribution >= 0.6 is 11.3 Å². The second-order valence-electron chi connectivity index (χ2n) is 10.1. The summed E-state index contributed by atoms with van der Waals surface area (Å²) in [7, 11) is 0. The van der Waals surface area contributed by atoms with Gasteiger partial charge in [0.25, 0.3) is 5.56 Å². The molecule has 1 aliphatic carbocycles. The number of carbonyl (C=O) groups excluding carboxylic acids is 1. The summed E-state index contributed by atoms with van der Waals surface area (Å²) in [5.41, 5.74) is 2.91. The monoisotopic (exact) mass is 480 g/mol. The number of pyridine rings is 1. The van der Waals surface area contributed by atoms with Gasteiger partial charge in [-0.25, -0.2) is 4.98 Å². The van der Waals surface area contributed by atoms with Gasteiger partial charge >= 0.3 is 0 Å². The number of hydrogen-bond acceptors (Lipinski definition) is 6. The number of piperidine rings is 1. The number of nitrogens with zero attached hydrogens (tertiary/aromatic N) is 4. The van der Waals surface area contributed by atoms with Crippen LogP contribution < -0.4 is 5.56 Å². The van der Waals surface area contributed by atoms with Crippen LogP contribution in [0.25, 0.3) is 5.57 Å². The van der Waals surface area contributed by atoms with Crippen LogP contribution in [0.15, 0.2) is 34.6 Å². The number of fused-ring (bicyclic) bond motifs is 4. The highest BCUT2D eigenvalue weighted by molar-refractivity contribution is 7.09. The van der Waals surface area contributed by atoms with E-state index in [1.807, 2.05) is 27.1 Å². The Labute approximate surface area is 203 Å². The van der Waals surface area contributed by atoms with Crippen LogP contribution in [0, 0.1) is 11.8 Å². The summed E-state index contributed by atoms with van der Waals surface area (Å²) in [5.74, 6) is -0.413. The van der Waals surface area contributed by atoms with E-state index in [4.69, 9.17) is 0 Å². The van der Waals surface area contributed by atoms with Gasteiger partial charge in [-0.15, -0.1) is 11.3 Å². The molecule has 4 aliphatic rings. The van der Waals surface area contributed by atoms with Crippen LogP contribution in [-0.4, -0.2) is 56.1 Å².